The van der Waals surface area contributed by atoms with Crippen molar-refractivity contribution >= 4 is 17.4 Å². The molecule has 0 fully saturated rings. The summed E-state index contributed by atoms with van der Waals surface area (Å²) >= 11 is 0. The SMILES string of the molecule is C=CNC(=O)Nc1ccc(N)cc1. The average Bonchev–Trinajstić information content (AvgIpc) is 2.09. The van der Waals surface area contributed by atoms with Crippen LogP contribution < -0.4 is 16.4 Å². The van der Waals surface area contributed by atoms with Crippen LogP contribution in [-0.4, -0.2) is 6.03 Å². The second-order valence-electron chi connectivity index (χ2n) is 2.42. The number of nitrogens with one attached hydrogen (secondary N) is 2. The number of benzene rings is 1. The van der Waals surface area contributed by atoms with Crippen molar-refractivity contribution in [1.29, 1.82) is 0 Å². The Morgan fingerprint density at radius 1 is 1.38 bits per heavy atom. The number of carbonyl (C=O) groups is 1. The Kier molecular flexibility index (Phi) is 2.92. The molecule has 0 aromatic heterocycles. The fourth-order valence-electron chi connectivity index (χ4n) is 0.826. The first-order valence-corrected chi connectivity index (χ1v) is 3.76. The maximum absolute atomic E-state index is 11.0. The van der Waals surface area contributed by atoms with Crippen molar-refractivity contribution in [3.8, 4) is 0 Å². The summed E-state index contributed by atoms with van der Waals surface area (Å²) in [7, 11) is 0. The fourth-order valence-corrected chi connectivity index (χ4v) is 0.826. The molecule has 2 amide bonds. The van der Waals surface area contributed by atoms with E-state index in [0.29, 0.717) is 11.4 Å². The highest BCUT2D eigenvalue weighted by molar-refractivity contribution is 5.89. The molecule has 0 radical (unpaired) electrons. The molecule has 0 atom stereocenters. The normalized spacial score (nSPS) is 8.92. The monoisotopic (exact) mass is 177 g/mol. The number of hydrogen-bond acceptors (Lipinski definition) is 2. The van der Waals surface area contributed by atoms with Gasteiger partial charge in [-0.1, -0.05) is 6.58 Å². The van der Waals surface area contributed by atoms with Gasteiger partial charge in [0, 0.05) is 11.4 Å². The Morgan fingerprint density at radius 3 is 2.54 bits per heavy atom. The molecular formula is C9H11N3O. The van der Waals surface area contributed by atoms with Gasteiger partial charge in [0.15, 0.2) is 0 Å². The van der Waals surface area contributed by atoms with E-state index in [-0.39, 0.29) is 6.03 Å². The van der Waals surface area contributed by atoms with Gasteiger partial charge in [-0.25, -0.2) is 4.79 Å². The van der Waals surface area contributed by atoms with Crippen molar-refractivity contribution in [2.75, 3.05) is 11.1 Å². The van der Waals surface area contributed by atoms with Gasteiger partial charge in [0.1, 0.15) is 0 Å². The van der Waals surface area contributed by atoms with Crippen LogP contribution >= 0.6 is 0 Å². The van der Waals surface area contributed by atoms with Crippen molar-refractivity contribution in [2.24, 2.45) is 0 Å². The molecule has 0 saturated heterocycles. The summed E-state index contributed by atoms with van der Waals surface area (Å²) in [6, 6.07) is 6.54. The van der Waals surface area contributed by atoms with Crippen LogP contribution in [0, 0.1) is 0 Å². The van der Waals surface area contributed by atoms with E-state index in [1.54, 1.807) is 24.3 Å². The topological polar surface area (TPSA) is 67.2 Å². The van der Waals surface area contributed by atoms with Crippen LogP contribution in [-0.2, 0) is 0 Å². The highest BCUT2D eigenvalue weighted by Crippen LogP contribution is 2.09. The van der Waals surface area contributed by atoms with Crippen LogP contribution in [0.2, 0.25) is 0 Å². The van der Waals surface area contributed by atoms with E-state index in [4.69, 9.17) is 5.73 Å². The van der Waals surface area contributed by atoms with E-state index < -0.39 is 0 Å². The molecule has 68 valence electrons. The van der Waals surface area contributed by atoms with E-state index in [0.717, 1.165) is 0 Å². The maximum atomic E-state index is 11.0. The van der Waals surface area contributed by atoms with Crippen molar-refractivity contribution in [1.82, 2.24) is 5.32 Å². The van der Waals surface area contributed by atoms with E-state index in [2.05, 4.69) is 17.2 Å². The van der Waals surface area contributed by atoms with E-state index >= 15 is 0 Å². The summed E-state index contributed by atoms with van der Waals surface area (Å²) in [5, 5.41) is 4.98. The van der Waals surface area contributed by atoms with Crippen LogP contribution in [0.25, 0.3) is 0 Å². The van der Waals surface area contributed by atoms with E-state index in [9.17, 15) is 4.79 Å². The number of nitrogen functional groups attached to an aromatic ring is 1. The molecular weight excluding hydrogens is 166 g/mol. The standard InChI is InChI=1S/C9H11N3O/c1-2-11-9(13)12-8-5-3-7(10)4-6-8/h2-6H,1,10H2,(H2,11,12,13). The molecule has 0 saturated carbocycles. The number of urea groups is 1. The van der Waals surface area contributed by atoms with Crippen molar-refractivity contribution in [2.45, 2.75) is 0 Å². The van der Waals surface area contributed by atoms with Crippen LogP contribution in [0.4, 0.5) is 16.2 Å². The number of anilines is 2. The lowest BCUT2D eigenvalue weighted by molar-refractivity contribution is 0.255. The quantitative estimate of drug-likeness (QED) is 0.600. The molecule has 13 heavy (non-hydrogen) atoms. The minimum atomic E-state index is -0.320. The molecule has 0 bridgehead atoms. The van der Waals surface area contributed by atoms with Crippen molar-refractivity contribution in [3.63, 3.8) is 0 Å². The van der Waals surface area contributed by atoms with Crippen LogP contribution in [0.5, 0.6) is 0 Å². The lowest BCUT2D eigenvalue weighted by atomic mass is 10.3. The molecule has 4 N–H and O–H groups in total. The Morgan fingerprint density at radius 2 is 2.00 bits per heavy atom. The van der Waals surface area contributed by atoms with Crippen molar-refractivity contribution in [3.05, 3.63) is 37.0 Å². The lowest BCUT2D eigenvalue weighted by Gasteiger charge is -2.03. The molecule has 1 aromatic rings. The van der Waals surface area contributed by atoms with Gasteiger partial charge in [-0.3, -0.25) is 0 Å². The minimum absolute atomic E-state index is 0.320. The maximum Gasteiger partial charge on any atom is 0.323 e. The minimum Gasteiger partial charge on any atom is -0.399 e. The van der Waals surface area contributed by atoms with Gasteiger partial charge in [-0.15, -0.1) is 0 Å². The first kappa shape index (κ1) is 9.12. The zero-order chi connectivity index (χ0) is 9.68. The smallest absolute Gasteiger partial charge is 0.323 e. The molecule has 0 heterocycles. The van der Waals surface area contributed by atoms with Gasteiger partial charge in [0.25, 0.3) is 0 Å². The fraction of sp³-hybridized carbons (Fsp3) is 0. The van der Waals surface area contributed by atoms with Crippen LogP contribution in [0.3, 0.4) is 0 Å². The molecule has 0 aliphatic rings. The lowest BCUT2D eigenvalue weighted by Crippen LogP contribution is -2.23. The molecule has 4 nitrogen and oxygen atoms in total. The number of nitrogens with two attached hydrogens (primary N) is 1. The number of rotatable bonds is 2. The largest absolute Gasteiger partial charge is 0.399 e. The summed E-state index contributed by atoms with van der Waals surface area (Å²) in [6.07, 6.45) is 1.31. The molecule has 1 rings (SSSR count). The first-order chi connectivity index (χ1) is 6.22. The zero-order valence-electron chi connectivity index (χ0n) is 7.08. The molecule has 0 spiro atoms. The number of hydrogen-bond donors (Lipinski definition) is 3. The van der Waals surface area contributed by atoms with Gasteiger partial charge in [0.2, 0.25) is 0 Å². The Balaban J connectivity index is 2.59. The average molecular weight is 177 g/mol. The third kappa shape index (κ3) is 2.86. The highest BCUT2D eigenvalue weighted by atomic mass is 16.2. The van der Waals surface area contributed by atoms with Gasteiger partial charge in [-0.05, 0) is 30.5 Å². The van der Waals surface area contributed by atoms with Gasteiger partial charge < -0.3 is 16.4 Å². The molecule has 0 aliphatic heterocycles. The third-order valence-corrected chi connectivity index (χ3v) is 1.40. The Hall–Kier alpha value is -1.97. The highest BCUT2D eigenvalue weighted by Gasteiger charge is 1.97. The number of carbonyl (C=O) groups excluding carboxylic acids is 1. The van der Waals surface area contributed by atoms with Gasteiger partial charge >= 0.3 is 6.03 Å². The first-order valence-electron chi connectivity index (χ1n) is 3.76. The Labute approximate surface area is 76.4 Å². The molecule has 0 aliphatic carbocycles. The Bertz CT molecular complexity index is 305. The predicted molar refractivity (Wildman–Crippen MR) is 53.2 cm³/mol. The zero-order valence-corrected chi connectivity index (χ0v) is 7.08. The van der Waals surface area contributed by atoms with Gasteiger partial charge in [0.05, 0.1) is 0 Å². The summed E-state index contributed by atoms with van der Waals surface area (Å²) < 4.78 is 0. The van der Waals surface area contributed by atoms with Crippen LogP contribution in [0.1, 0.15) is 0 Å². The molecule has 1 aromatic carbocycles. The molecule has 4 heteroatoms. The number of amides is 2. The summed E-state index contributed by atoms with van der Waals surface area (Å²) in [5.41, 5.74) is 6.82. The summed E-state index contributed by atoms with van der Waals surface area (Å²) in [6.45, 7) is 3.36. The van der Waals surface area contributed by atoms with E-state index in [1.807, 2.05) is 0 Å². The van der Waals surface area contributed by atoms with Gasteiger partial charge in [-0.2, -0.15) is 0 Å². The second-order valence-corrected chi connectivity index (χ2v) is 2.42. The molecule has 0 unspecified atom stereocenters. The predicted octanol–water partition coefficient (Wildman–Crippen LogP) is 1.53. The third-order valence-electron chi connectivity index (χ3n) is 1.40. The van der Waals surface area contributed by atoms with E-state index in [1.165, 1.54) is 6.20 Å². The second kappa shape index (κ2) is 4.15. The summed E-state index contributed by atoms with van der Waals surface area (Å²) in [5.74, 6) is 0. The van der Waals surface area contributed by atoms with Crippen LogP contribution in [0.15, 0.2) is 37.0 Å². The van der Waals surface area contributed by atoms with Crippen molar-refractivity contribution < 1.29 is 4.79 Å². The summed E-state index contributed by atoms with van der Waals surface area (Å²) in [4.78, 5) is 11.0.